The maximum atomic E-state index is 13.8. The molecule has 3 unspecified atom stereocenters. The number of carbonyl (C=O) groups is 1. The van der Waals surface area contributed by atoms with E-state index in [1.807, 2.05) is 68.6 Å². The van der Waals surface area contributed by atoms with Crippen LogP contribution in [0.3, 0.4) is 0 Å². The highest BCUT2D eigenvalue weighted by Crippen LogP contribution is 2.41. The van der Waals surface area contributed by atoms with Crippen LogP contribution in [-0.2, 0) is 9.53 Å². The van der Waals surface area contributed by atoms with Crippen molar-refractivity contribution in [2.75, 3.05) is 71.1 Å². The SMILES string of the molecule is CC1(O)CCCC(c2ccc(Cl)cc2)C1.CN1CCN(C2=CCC(C)(C(=O)NSc3ccc(NCC4CCOCC4)c(N)c3)C(Oc3cnc4[nH]ccc4c3)=C2)CC1.CO. The van der Waals surface area contributed by atoms with Crippen molar-refractivity contribution in [3.63, 3.8) is 0 Å². The number of aliphatic hydroxyl groups excluding tert-OH is 1. The van der Waals surface area contributed by atoms with E-state index in [9.17, 15) is 9.90 Å². The number of amides is 1. The number of hydrogen-bond acceptors (Lipinski definition) is 11. The molecule has 2 aromatic heterocycles. The number of likely N-dealkylation sites (N-methyl/N-ethyl adjacent to an activating group) is 1. The van der Waals surface area contributed by atoms with Crippen LogP contribution < -0.4 is 20.5 Å². The molecule has 3 fully saturated rings. The second-order valence-electron chi connectivity index (χ2n) is 16.7. The van der Waals surface area contributed by atoms with E-state index in [-0.39, 0.29) is 5.91 Å². The van der Waals surface area contributed by atoms with Gasteiger partial charge in [-0.2, -0.15) is 0 Å². The van der Waals surface area contributed by atoms with Crippen molar-refractivity contribution in [1.82, 2.24) is 24.5 Å². The lowest BCUT2D eigenvalue weighted by molar-refractivity contribution is -0.127. The molecular formula is C46H62ClN7O5S. The van der Waals surface area contributed by atoms with Crippen LogP contribution in [0.1, 0.15) is 70.3 Å². The van der Waals surface area contributed by atoms with Gasteiger partial charge in [0.15, 0.2) is 0 Å². The van der Waals surface area contributed by atoms with Crippen molar-refractivity contribution >= 4 is 51.9 Å². The van der Waals surface area contributed by atoms with E-state index in [1.165, 1.54) is 23.9 Å². The largest absolute Gasteiger partial charge is 0.459 e. The Morgan fingerprint density at radius 1 is 1.07 bits per heavy atom. The summed E-state index contributed by atoms with van der Waals surface area (Å²) in [6.07, 6.45) is 14.5. The highest BCUT2D eigenvalue weighted by atomic mass is 35.5. The summed E-state index contributed by atoms with van der Waals surface area (Å²) in [6, 6.07) is 17.8. The lowest BCUT2D eigenvalue weighted by Crippen LogP contribution is -2.45. The molecule has 8 rings (SSSR count). The minimum absolute atomic E-state index is 0.131. The molecular weight excluding hydrogens is 798 g/mol. The van der Waals surface area contributed by atoms with Gasteiger partial charge in [-0.05, 0) is 138 Å². The molecule has 1 saturated carbocycles. The number of rotatable bonds is 10. The number of carbonyl (C=O) groups excluding carboxylic acids is 1. The summed E-state index contributed by atoms with van der Waals surface area (Å²) in [4.78, 5) is 27.0. The predicted octanol–water partition coefficient (Wildman–Crippen LogP) is 7.97. The Morgan fingerprint density at radius 2 is 1.82 bits per heavy atom. The predicted molar refractivity (Wildman–Crippen MR) is 243 cm³/mol. The van der Waals surface area contributed by atoms with E-state index in [2.05, 4.69) is 55.1 Å². The number of aromatic nitrogens is 2. The molecule has 7 N–H and O–H groups in total. The number of pyridine rings is 1. The van der Waals surface area contributed by atoms with Crippen LogP contribution >= 0.6 is 23.5 Å². The number of H-pyrrole nitrogens is 1. The molecule has 4 aromatic rings. The van der Waals surface area contributed by atoms with E-state index in [0.717, 1.165) is 117 Å². The molecule has 0 radical (unpaired) electrons. The zero-order valence-electron chi connectivity index (χ0n) is 35.4. The van der Waals surface area contributed by atoms with Gasteiger partial charge in [-0.25, -0.2) is 4.98 Å². The molecule has 1 amide bonds. The molecule has 4 heterocycles. The number of benzene rings is 2. The van der Waals surface area contributed by atoms with E-state index < -0.39 is 11.0 Å². The summed E-state index contributed by atoms with van der Waals surface area (Å²) in [7, 11) is 3.14. The molecule has 4 aliphatic rings. The molecule has 12 nitrogen and oxygen atoms in total. The van der Waals surface area contributed by atoms with Gasteiger partial charge in [-0.15, -0.1) is 0 Å². The van der Waals surface area contributed by atoms with Gasteiger partial charge in [0.2, 0.25) is 5.91 Å². The highest BCUT2D eigenvalue weighted by molar-refractivity contribution is 7.98. The van der Waals surface area contributed by atoms with E-state index >= 15 is 0 Å². The molecule has 2 aliphatic heterocycles. The Labute approximate surface area is 364 Å². The Morgan fingerprint density at radius 3 is 2.53 bits per heavy atom. The van der Waals surface area contributed by atoms with E-state index in [1.54, 1.807) is 6.20 Å². The zero-order chi connectivity index (χ0) is 42.7. The van der Waals surface area contributed by atoms with Crippen LogP contribution in [0.15, 0.2) is 95.5 Å². The van der Waals surface area contributed by atoms with Crippen molar-refractivity contribution in [3.05, 3.63) is 101 Å². The number of hydrogen-bond donors (Lipinski definition) is 6. The Bertz CT molecular complexity index is 2080. The monoisotopic (exact) mass is 859 g/mol. The number of aliphatic hydroxyl groups is 2. The van der Waals surface area contributed by atoms with Crippen LogP contribution in [0, 0.1) is 11.3 Å². The molecule has 2 aromatic carbocycles. The Balaban J connectivity index is 0.000000297. The number of halogens is 1. The van der Waals surface area contributed by atoms with Crippen molar-refractivity contribution in [1.29, 1.82) is 0 Å². The maximum absolute atomic E-state index is 13.8. The topological polar surface area (TPSA) is 161 Å². The number of nitrogens with one attached hydrogen (secondary N) is 3. The van der Waals surface area contributed by atoms with Crippen LogP contribution in [0.5, 0.6) is 5.75 Å². The minimum Gasteiger partial charge on any atom is -0.459 e. The first-order chi connectivity index (χ1) is 28.9. The molecule has 60 heavy (non-hydrogen) atoms. The fourth-order valence-corrected chi connectivity index (χ4v) is 9.05. The van der Waals surface area contributed by atoms with Gasteiger partial charge in [0, 0.05) is 86.3 Å². The van der Waals surface area contributed by atoms with Crippen molar-refractivity contribution in [2.45, 2.75) is 75.2 Å². The first-order valence-corrected chi connectivity index (χ1v) is 22.2. The summed E-state index contributed by atoms with van der Waals surface area (Å²) in [5.41, 5.74) is 9.75. The number of ether oxygens (including phenoxy) is 2. The van der Waals surface area contributed by atoms with E-state index in [4.69, 9.17) is 31.9 Å². The molecule has 0 bridgehead atoms. The number of aromatic amines is 1. The smallest absolute Gasteiger partial charge is 0.243 e. The highest BCUT2D eigenvalue weighted by Gasteiger charge is 2.41. The normalized spacial score (nSPS) is 23.6. The van der Waals surface area contributed by atoms with Crippen molar-refractivity contribution in [3.8, 4) is 5.75 Å². The van der Waals surface area contributed by atoms with Crippen LogP contribution in [0.25, 0.3) is 11.0 Å². The number of nitrogen functional groups attached to an aromatic ring is 1. The van der Waals surface area contributed by atoms with Gasteiger partial charge >= 0.3 is 0 Å². The van der Waals surface area contributed by atoms with Crippen LogP contribution in [-0.4, -0.2) is 102 Å². The van der Waals surface area contributed by atoms with E-state index in [0.29, 0.717) is 35.5 Å². The fraction of sp³-hybridized carbons (Fsp3) is 0.478. The summed E-state index contributed by atoms with van der Waals surface area (Å²) in [6.45, 7) is 10.3. The second kappa shape index (κ2) is 21.0. The average Bonchev–Trinajstić information content (AvgIpc) is 3.73. The molecule has 14 heteroatoms. The number of allylic oxidation sites excluding steroid dienone is 2. The third kappa shape index (κ3) is 12.0. The molecule has 324 valence electrons. The fourth-order valence-electron chi connectivity index (χ4n) is 8.17. The number of piperazine rings is 1. The third-order valence-corrected chi connectivity index (χ3v) is 13.0. The Hall–Kier alpha value is -4.24. The van der Waals surface area contributed by atoms with Gasteiger partial charge in [-0.1, -0.05) is 29.8 Å². The van der Waals surface area contributed by atoms with Crippen LogP contribution in [0.4, 0.5) is 11.4 Å². The average molecular weight is 861 g/mol. The van der Waals surface area contributed by atoms with Crippen molar-refractivity contribution < 1.29 is 24.5 Å². The van der Waals surface area contributed by atoms with Gasteiger partial charge in [-0.3, -0.25) is 9.52 Å². The lowest BCUT2D eigenvalue weighted by Gasteiger charge is -2.38. The number of anilines is 2. The zero-order valence-corrected chi connectivity index (χ0v) is 37.0. The van der Waals surface area contributed by atoms with Crippen molar-refractivity contribution in [2.24, 2.45) is 11.3 Å². The van der Waals surface area contributed by atoms with Gasteiger partial charge < -0.3 is 45.5 Å². The maximum Gasteiger partial charge on any atom is 0.243 e. The van der Waals surface area contributed by atoms with Gasteiger partial charge in [0.1, 0.15) is 22.6 Å². The Kier molecular flexibility index (Phi) is 15.9. The first kappa shape index (κ1) is 45.3. The molecule has 2 saturated heterocycles. The molecule has 0 spiro atoms. The quantitative estimate of drug-likeness (QED) is 0.0678. The summed E-state index contributed by atoms with van der Waals surface area (Å²) < 4.78 is 15.0. The first-order valence-electron chi connectivity index (χ1n) is 21.0. The van der Waals surface area contributed by atoms with Gasteiger partial charge in [0.25, 0.3) is 0 Å². The third-order valence-electron chi connectivity index (χ3n) is 12.0. The van der Waals surface area contributed by atoms with Crippen LogP contribution in [0.2, 0.25) is 5.02 Å². The summed E-state index contributed by atoms with van der Waals surface area (Å²) >= 11 is 7.13. The number of nitrogens with two attached hydrogens (primary N) is 1. The van der Waals surface area contributed by atoms with Gasteiger partial charge in [0.05, 0.1) is 23.2 Å². The number of nitrogens with zero attached hydrogens (tertiary/aromatic N) is 3. The molecule has 2 aliphatic carbocycles. The standard InChI is InChI=1S/C32H41N7O3S.C13H17ClO.CH4O/c1-32(31(40)37-43-26-3-4-28(27(33)19-26)35-20-22-7-15-41-16-8-22)9-5-24(39-13-11-38(2)12-14-39)18-29(32)42-25-17-23-6-10-34-30(23)36-21-25;1-13(15)8-2-3-11(9-13)10-4-6-12(14)7-5-10;1-2/h3-6,10,17-19,21-22,35H,7-9,11-16,20,33H2,1-2H3,(H,34,36)(H,37,40);4-7,11,15H,2-3,8-9H2,1H3;2H,1H3. The summed E-state index contributed by atoms with van der Waals surface area (Å²) in [5.74, 6) is 2.15. The second-order valence-corrected chi connectivity index (χ2v) is 18.0. The molecule has 3 atom stereocenters. The lowest BCUT2D eigenvalue weighted by atomic mass is 9.76. The summed E-state index contributed by atoms with van der Waals surface area (Å²) in [5, 5.41) is 22.2. The minimum atomic E-state index is -0.910. The number of fused-ring (bicyclic) bond motifs is 1.